The van der Waals surface area contributed by atoms with E-state index in [4.69, 9.17) is 4.74 Å². The number of carbonyl (C=O) groups is 1. The van der Waals surface area contributed by atoms with Gasteiger partial charge in [-0.15, -0.1) is 0 Å². The zero-order valence-corrected chi connectivity index (χ0v) is 13.4. The number of methoxy groups -OCH3 is 1. The van der Waals surface area contributed by atoms with Crippen molar-refractivity contribution in [2.24, 2.45) is 0 Å². The zero-order valence-electron chi connectivity index (χ0n) is 13.4. The number of amides is 1. The van der Waals surface area contributed by atoms with Crippen molar-refractivity contribution in [3.05, 3.63) is 84.2 Å². The van der Waals surface area contributed by atoms with Crippen molar-refractivity contribution in [2.45, 2.75) is 12.6 Å². The van der Waals surface area contributed by atoms with Crippen molar-refractivity contribution in [3.63, 3.8) is 0 Å². The normalized spacial score (nSPS) is 11.9. The Hall–Kier alpha value is -2.92. The Labute approximate surface area is 140 Å². The van der Waals surface area contributed by atoms with Gasteiger partial charge in [0.1, 0.15) is 0 Å². The number of nitrogens with zero attached hydrogens (tertiary/aromatic N) is 2. The molecule has 0 saturated carbocycles. The Morgan fingerprint density at radius 3 is 2.58 bits per heavy atom. The standard InChI is InChI=1S/C19H19N3O2/c1-24-18(15-8-3-2-4-9-15)19(23)20-14-16-10-5-6-11-17(16)22-13-7-12-21-22/h2-13,18H,14H2,1H3,(H,20,23)/t18-/m0/s1. The Morgan fingerprint density at radius 2 is 1.88 bits per heavy atom. The van der Waals surface area contributed by atoms with Crippen molar-refractivity contribution in [3.8, 4) is 5.69 Å². The van der Waals surface area contributed by atoms with Crippen LogP contribution in [-0.4, -0.2) is 22.8 Å². The molecule has 5 nitrogen and oxygen atoms in total. The lowest BCUT2D eigenvalue weighted by Gasteiger charge is -2.16. The fourth-order valence-electron chi connectivity index (χ4n) is 2.59. The molecule has 1 heterocycles. The lowest BCUT2D eigenvalue weighted by Crippen LogP contribution is -2.30. The van der Waals surface area contributed by atoms with Crippen LogP contribution in [0.2, 0.25) is 0 Å². The van der Waals surface area contributed by atoms with Gasteiger partial charge in [-0.1, -0.05) is 48.5 Å². The van der Waals surface area contributed by atoms with Crippen LogP contribution in [0.25, 0.3) is 5.69 Å². The molecule has 0 saturated heterocycles. The predicted molar refractivity (Wildman–Crippen MR) is 91.6 cm³/mol. The van der Waals surface area contributed by atoms with E-state index >= 15 is 0 Å². The van der Waals surface area contributed by atoms with Crippen LogP contribution in [-0.2, 0) is 16.1 Å². The van der Waals surface area contributed by atoms with E-state index in [0.29, 0.717) is 6.54 Å². The van der Waals surface area contributed by atoms with Crippen molar-refractivity contribution < 1.29 is 9.53 Å². The maximum Gasteiger partial charge on any atom is 0.254 e. The second-order valence-corrected chi connectivity index (χ2v) is 5.32. The summed E-state index contributed by atoms with van der Waals surface area (Å²) in [5.41, 5.74) is 2.76. The summed E-state index contributed by atoms with van der Waals surface area (Å²) >= 11 is 0. The average Bonchev–Trinajstić information content (AvgIpc) is 3.16. The molecule has 0 radical (unpaired) electrons. The lowest BCUT2D eigenvalue weighted by atomic mass is 10.1. The fourth-order valence-corrected chi connectivity index (χ4v) is 2.59. The molecule has 0 spiro atoms. The number of nitrogens with one attached hydrogen (secondary N) is 1. The Morgan fingerprint density at radius 1 is 1.12 bits per heavy atom. The largest absolute Gasteiger partial charge is 0.367 e. The first kappa shape index (κ1) is 16.0. The van der Waals surface area contributed by atoms with E-state index in [-0.39, 0.29) is 5.91 Å². The number of aromatic nitrogens is 2. The van der Waals surface area contributed by atoms with E-state index in [1.807, 2.05) is 66.9 Å². The molecule has 1 atom stereocenters. The SMILES string of the molecule is CO[C@H](C(=O)NCc1ccccc1-n1cccn1)c1ccccc1. The monoisotopic (exact) mass is 321 g/mol. The number of rotatable bonds is 6. The number of carbonyl (C=O) groups excluding carboxylic acids is 1. The van der Waals surface area contributed by atoms with E-state index in [2.05, 4.69) is 10.4 Å². The second-order valence-electron chi connectivity index (χ2n) is 5.32. The molecule has 1 amide bonds. The maximum atomic E-state index is 12.5. The molecular weight excluding hydrogens is 302 g/mol. The van der Waals surface area contributed by atoms with Crippen molar-refractivity contribution in [1.82, 2.24) is 15.1 Å². The van der Waals surface area contributed by atoms with Crippen LogP contribution >= 0.6 is 0 Å². The van der Waals surface area contributed by atoms with E-state index in [0.717, 1.165) is 16.8 Å². The molecule has 122 valence electrons. The van der Waals surface area contributed by atoms with Gasteiger partial charge in [-0.25, -0.2) is 4.68 Å². The quantitative estimate of drug-likeness (QED) is 0.759. The number of para-hydroxylation sites is 1. The second kappa shape index (κ2) is 7.57. The third-order valence-corrected chi connectivity index (χ3v) is 3.77. The number of hydrogen-bond donors (Lipinski definition) is 1. The Bertz CT molecular complexity index is 785. The van der Waals surface area contributed by atoms with E-state index in [1.54, 1.807) is 10.9 Å². The fraction of sp³-hybridized carbons (Fsp3) is 0.158. The summed E-state index contributed by atoms with van der Waals surface area (Å²) < 4.78 is 7.14. The molecule has 0 fully saturated rings. The summed E-state index contributed by atoms with van der Waals surface area (Å²) in [7, 11) is 1.54. The average molecular weight is 321 g/mol. The topological polar surface area (TPSA) is 56.1 Å². The minimum absolute atomic E-state index is 0.168. The van der Waals surface area contributed by atoms with Gasteiger partial charge >= 0.3 is 0 Å². The van der Waals surface area contributed by atoms with Crippen LogP contribution in [0.4, 0.5) is 0 Å². The van der Waals surface area contributed by atoms with Crippen LogP contribution in [0, 0.1) is 0 Å². The molecule has 1 aromatic heterocycles. The van der Waals surface area contributed by atoms with Gasteiger partial charge in [0.25, 0.3) is 5.91 Å². The van der Waals surface area contributed by atoms with Gasteiger partial charge in [-0.2, -0.15) is 5.10 Å². The first-order valence-electron chi connectivity index (χ1n) is 7.73. The molecule has 0 unspecified atom stereocenters. The van der Waals surface area contributed by atoms with Gasteiger partial charge in [0.2, 0.25) is 0 Å². The third-order valence-electron chi connectivity index (χ3n) is 3.77. The van der Waals surface area contributed by atoms with E-state index in [1.165, 1.54) is 7.11 Å². The third kappa shape index (κ3) is 3.52. The summed E-state index contributed by atoms with van der Waals surface area (Å²) in [6, 6.07) is 19.2. The molecule has 24 heavy (non-hydrogen) atoms. The van der Waals surface area contributed by atoms with Crippen molar-refractivity contribution in [1.29, 1.82) is 0 Å². The summed E-state index contributed by atoms with van der Waals surface area (Å²) in [6.07, 6.45) is 2.98. The van der Waals surface area contributed by atoms with Gasteiger partial charge in [0.15, 0.2) is 6.10 Å². The highest BCUT2D eigenvalue weighted by molar-refractivity contribution is 5.82. The maximum absolute atomic E-state index is 12.5. The van der Waals surface area contributed by atoms with Gasteiger partial charge in [0, 0.05) is 26.0 Å². The summed E-state index contributed by atoms with van der Waals surface area (Å²) in [6.45, 7) is 0.404. The molecule has 0 bridgehead atoms. The highest BCUT2D eigenvalue weighted by Gasteiger charge is 2.19. The molecular formula is C19H19N3O2. The molecule has 5 heteroatoms. The highest BCUT2D eigenvalue weighted by atomic mass is 16.5. The Balaban J connectivity index is 1.73. The van der Waals surface area contributed by atoms with Gasteiger partial charge in [0.05, 0.1) is 5.69 Å². The van der Waals surface area contributed by atoms with Gasteiger partial charge in [-0.3, -0.25) is 4.79 Å². The van der Waals surface area contributed by atoms with E-state index < -0.39 is 6.10 Å². The molecule has 0 aliphatic rings. The molecule has 3 aromatic rings. The smallest absolute Gasteiger partial charge is 0.254 e. The van der Waals surface area contributed by atoms with Crippen LogP contribution in [0.3, 0.4) is 0 Å². The zero-order chi connectivity index (χ0) is 16.8. The van der Waals surface area contributed by atoms with Crippen molar-refractivity contribution in [2.75, 3.05) is 7.11 Å². The molecule has 0 aliphatic heterocycles. The summed E-state index contributed by atoms with van der Waals surface area (Å²) in [5.74, 6) is -0.168. The first-order chi connectivity index (χ1) is 11.8. The van der Waals surface area contributed by atoms with Crippen LogP contribution < -0.4 is 5.32 Å². The lowest BCUT2D eigenvalue weighted by molar-refractivity contribution is -0.131. The predicted octanol–water partition coefficient (Wildman–Crippen LogP) is 2.88. The first-order valence-corrected chi connectivity index (χ1v) is 7.73. The van der Waals surface area contributed by atoms with Gasteiger partial charge in [-0.05, 0) is 23.3 Å². The summed E-state index contributed by atoms with van der Waals surface area (Å²) in [5, 5.41) is 7.20. The minimum atomic E-state index is -0.622. The molecule has 2 aromatic carbocycles. The van der Waals surface area contributed by atoms with Crippen LogP contribution in [0.15, 0.2) is 73.1 Å². The molecule has 3 rings (SSSR count). The van der Waals surface area contributed by atoms with Crippen LogP contribution in [0.1, 0.15) is 17.2 Å². The molecule has 1 N–H and O–H groups in total. The number of benzene rings is 2. The summed E-state index contributed by atoms with van der Waals surface area (Å²) in [4.78, 5) is 12.5. The van der Waals surface area contributed by atoms with Gasteiger partial charge < -0.3 is 10.1 Å². The van der Waals surface area contributed by atoms with E-state index in [9.17, 15) is 4.79 Å². The van der Waals surface area contributed by atoms with Crippen LogP contribution in [0.5, 0.6) is 0 Å². The Kier molecular flexibility index (Phi) is 5.03. The number of hydrogen-bond acceptors (Lipinski definition) is 3. The van der Waals surface area contributed by atoms with Crippen molar-refractivity contribution >= 4 is 5.91 Å². The number of ether oxygens (including phenoxy) is 1. The highest BCUT2D eigenvalue weighted by Crippen LogP contribution is 2.17. The minimum Gasteiger partial charge on any atom is -0.367 e. The molecule has 0 aliphatic carbocycles.